The van der Waals surface area contributed by atoms with Crippen LogP contribution in [0.15, 0.2) is 48.5 Å². The monoisotopic (exact) mass is 473 g/mol. The van der Waals surface area contributed by atoms with Crippen molar-refractivity contribution in [3.8, 4) is 17.2 Å². The summed E-state index contributed by atoms with van der Waals surface area (Å²) in [6.07, 6.45) is -4.82. The molecule has 0 radical (unpaired) electrons. The molecule has 34 heavy (non-hydrogen) atoms. The number of aliphatic hydroxyl groups is 1. The lowest BCUT2D eigenvalue weighted by Gasteiger charge is -2.38. The van der Waals surface area contributed by atoms with Gasteiger partial charge < -0.3 is 15.7 Å². The van der Waals surface area contributed by atoms with Gasteiger partial charge in [-0.3, -0.25) is 4.79 Å². The summed E-state index contributed by atoms with van der Waals surface area (Å²) < 4.78 is 43.2. The third-order valence-electron chi connectivity index (χ3n) is 6.19. The third kappa shape index (κ3) is 5.43. The van der Waals surface area contributed by atoms with Crippen LogP contribution in [-0.2, 0) is 4.79 Å². The summed E-state index contributed by atoms with van der Waals surface area (Å²) in [6.45, 7) is 5.32. The highest BCUT2D eigenvalue weighted by Gasteiger charge is 2.60. The van der Waals surface area contributed by atoms with E-state index in [9.17, 15) is 28.3 Å². The van der Waals surface area contributed by atoms with Crippen molar-refractivity contribution in [1.29, 1.82) is 5.26 Å². The Hall–Kier alpha value is -2.89. The molecular formula is C26H30F3N3O2. The number of benzene rings is 2. The molecule has 0 saturated heterocycles. The Balaban J connectivity index is 1.99. The number of nitrogens with two attached hydrogens (primary N) is 1. The molecule has 3 atom stereocenters. The quantitative estimate of drug-likeness (QED) is 0.547. The number of aliphatic hydroxyl groups excluding tert-OH is 1. The zero-order valence-corrected chi connectivity index (χ0v) is 19.5. The first-order valence-electron chi connectivity index (χ1n) is 11.3. The summed E-state index contributed by atoms with van der Waals surface area (Å²) in [5.74, 6) is -0.838. The first-order valence-corrected chi connectivity index (χ1v) is 11.3. The van der Waals surface area contributed by atoms with Crippen molar-refractivity contribution in [2.24, 2.45) is 11.7 Å². The Morgan fingerprint density at radius 2 is 1.53 bits per heavy atom. The van der Waals surface area contributed by atoms with E-state index in [0.717, 1.165) is 11.1 Å². The number of hydrogen-bond donors (Lipinski definition) is 2. The van der Waals surface area contributed by atoms with E-state index in [1.165, 1.54) is 12.1 Å². The van der Waals surface area contributed by atoms with E-state index in [2.05, 4.69) is 0 Å². The molecule has 0 heterocycles. The normalized spacial score (nSPS) is 17.5. The second kappa shape index (κ2) is 9.77. The Labute approximate surface area is 198 Å². The number of alkyl halides is 3. The number of halogens is 3. The van der Waals surface area contributed by atoms with Crippen molar-refractivity contribution in [3.63, 3.8) is 0 Å². The Morgan fingerprint density at radius 1 is 1.06 bits per heavy atom. The van der Waals surface area contributed by atoms with Crippen molar-refractivity contribution in [2.45, 2.75) is 69.9 Å². The van der Waals surface area contributed by atoms with Crippen molar-refractivity contribution in [1.82, 2.24) is 4.90 Å². The average Bonchev–Trinajstić information content (AvgIpc) is 3.57. The van der Waals surface area contributed by atoms with Crippen molar-refractivity contribution >= 4 is 5.91 Å². The van der Waals surface area contributed by atoms with E-state index in [0.29, 0.717) is 10.5 Å². The van der Waals surface area contributed by atoms with Crippen LogP contribution in [0.4, 0.5) is 13.2 Å². The van der Waals surface area contributed by atoms with Crippen LogP contribution in [0.25, 0.3) is 11.1 Å². The zero-order chi connectivity index (χ0) is 25.3. The number of hydrogen-bond acceptors (Lipinski definition) is 4. The highest BCUT2D eigenvalue weighted by Crippen LogP contribution is 2.50. The predicted molar refractivity (Wildman–Crippen MR) is 123 cm³/mol. The van der Waals surface area contributed by atoms with Crippen LogP contribution in [0.3, 0.4) is 0 Å². The molecule has 0 spiro atoms. The van der Waals surface area contributed by atoms with Gasteiger partial charge in [-0.15, -0.1) is 0 Å². The molecular weight excluding hydrogens is 443 g/mol. The fraction of sp³-hybridized carbons (Fsp3) is 0.462. The molecule has 1 aliphatic carbocycles. The van der Waals surface area contributed by atoms with Gasteiger partial charge in [0, 0.05) is 0 Å². The molecule has 1 amide bonds. The number of nitrogens with zero attached hydrogens (tertiary/aromatic N) is 2. The minimum Gasteiger partial charge on any atom is -0.389 e. The maximum atomic E-state index is 14.4. The van der Waals surface area contributed by atoms with E-state index in [1.54, 1.807) is 43.3 Å². The van der Waals surface area contributed by atoms with Crippen LogP contribution >= 0.6 is 0 Å². The predicted octanol–water partition coefficient (Wildman–Crippen LogP) is 5.27. The SMILES string of the molecule is CC(C)C[C@H](N)C(=O)N([C@@H](c1ccc(-c2ccc(C(C)O)cc2)cc1)C(F)(F)F)C1(C#N)CC1. The summed E-state index contributed by atoms with van der Waals surface area (Å²) in [4.78, 5) is 13.9. The summed E-state index contributed by atoms with van der Waals surface area (Å²) in [5, 5.41) is 19.3. The molecule has 182 valence electrons. The van der Waals surface area contributed by atoms with Gasteiger partial charge in [-0.25, -0.2) is 0 Å². The molecule has 3 N–H and O–H groups in total. The number of carbonyl (C=O) groups excluding carboxylic acids is 1. The zero-order valence-electron chi connectivity index (χ0n) is 19.5. The fourth-order valence-electron chi connectivity index (χ4n) is 4.19. The van der Waals surface area contributed by atoms with Gasteiger partial charge in [0.05, 0.1) is 18.2 Å². The van der Waals surface area contributed by atoms with Gasteiger partial charge in [-0.1, -0.05) is 62.4 Å². The minimum atomic E-state index is -4.79. The smallest absolute Gasteiger partial charge is 0.389 e. The topological polar surface area (TPSA) is 90.3 Å². The first-order chi connectivity index (χ1) is 15.9. The number of carbonyl (C=O) groups is 1. The van der Waals surface area contributed by atoms with Gasteiger partial charge in [-0.05, 0) is 54.4 Å². The van der Waals surface area contributed by atoms with E-state index in [4.69, 9.17) is 5.73 Å². The minimum absolute atomic E-state index is 0.0156. The molecule has 0 aromatic heterocycles. The van der Waals surface area contributed by atoms with Gasteiger partial charge in [-0.2, -0.15) is 18.4 Å². The van der Waals surface area contributed by atoms with Crippen LogP contribution in [0.2, 0.25) is 0 Å². The second-order valence-corrected chi connectivity index (χ2v) is 9.45. The summed E-state index contributed by atoms with van der Waals surface area (Å²) >= 11 is 0. The third-order valence-corrected chi connectivity index (χ3v) is 6.19. The Morgan fingerprint density at radius 3 is 1.88 bits per heavy atom. The second-order valence-electron chi connectivity index (χ2n) is 9.45. The Bertz CT molecular complexity index is 1040. The van der Waals surface area contributed by atoms with Crippen LogP contribution in [0.5, 0.6) is 0 Å². The highest BCUT2D eigenvalue weighted by atomic mass is 19.4. The molecule has 1 fully saturated rings. The summed E-state index contributed by atoms with van der Waals surface area (Å²) in [5.41, 5.74) is 6.59. The number of nitriles is 1. The molecule has 2 aromatic rings. The van der Waals surface area contributed by atoms with Crippen molar-refractivity contribution in [3.05, 3.63) is 59.7 Å². The number of amides is 1. The lowest BCUT2D eigenvalue weighted by Crippen LogP contribution is -2.54. The van der Waals surface area contributed by atoms with E-state index in [-0.39, 0.29) is 30.7 Å². The molecule has 0 bridgehead atoms. The molecule has 8 heteroatoms. The molecule has 1 unspecified atom stereocenters. The van der Waals surface area contributed by atoms with Gasteiger partial charge in [0.1, 0.15) is 5.54 Å². The lowest BCUT2D eigenvalue weighted by molar-refractivity contribution is -0.197. The van der Waals surface area contributed by atoms with Gasteiger partial charge in [0.2, 0.25) is 5.91 Å². The van der Waals surface area contributed by atoms with Gasteiger partial charge in [0.25, 0.3) is 0 Å². The van der Waals surface area contributed by atoms with E-state index in [1.807, 2.05) is 19.9 Å². The maximum absolute atomic E-state index is 14.4. The Kier molecular flexibility index (Phi) is 7.39. The van der Waals surface area contributed by atoms with Crippen LogP contribution in [0.1, 0.15) is 63.3 Å². The van der Waals surface area contributed by atoms with Crippen molar-refractivity contribution < 1.29 is 23.1 Å². The molecule has 0 aliphatic heterocycles. The average molecular weight is 474 g/mol. The molecule has 3 rings (SSSR count). The largest absolute Gasteiger partial charge is 0.413 e. The molecule has 5 nitrogen and oxygen atoms in total. The standard InChI is InChI=1S/C26H30F3N3O2/c1-16(2)14-22(31)24(34)32(25(15-30)12-13-25)23(26(27,28)29)21-10-8-20(9-11-21)19-6-4-18(5-7-19)17(3)33/h4-11,16-17,22-23,33H,12-14,31H2,1-3H3/t17?,22-,23-/m0/s1. The maximum Gasteiger partial charge on any atom is 0.413 e. The van der Waals surface area contributed by atoms with Gasteiger partial charge >= 0.3 is 6.18 Å². The van der Waals surface area contributed by atoms with E-state index < -0.39 is 35.8 Å². The van der Waals surface area contributed by atoms with Crippen molar-refractivity contribution in [2.75, 3.05) is 0 Å². The first kappa shape index (κ1) is 25.7. The summed E-state index contributed by atoms with van der Waals surface area (Å²) in [6, 6.07) is 11.5. The lowest BCUT2D eigenvalue weighted by atomic mass is 9.95. The molecule has 1 saturated carbocycles. The molecule has 2 aromatic carbocycles. The number of rotatable bonds is 8. The van der Waals surface area contributed by atoms with Crippen LogP contribution in [0, 0.1) is 17.2 Å². The van der Waals surface area contributed by atoms with Crippen LogP contribution < -0.4 is 5.73 Å². The molecule has 1 aliphatic rings. The fourth-order valence-corrected chi connectivity index (χ4v) is 4.19. The highest BCUT2D eigenvalue weighted by molar-refractivity contribution is 5.84. The van der Waals surface area contributed by atoms with Crippen LogP contribution in [-0.4, -0.2) is 33.7 Å². The van der Waals surface area contributed by atoms with Gasteiger partial charge in [0.15, 0.2) is 6.04 Å². The summed E-state index contributed by atoms with van der Waals surface area (Å²) in [7, 11) is 0. The van der Waals surface area contributed by atoms with E-state index >= 15 is 0 Å².